The third kappa shape index (κ3) is 3.91. The average molecular weight is 422 g/mol. The summed E-state index contributed by atoms with van der Waals surface area (Å²) < 4.78 is 26.9. The van der Waals surface area contributed by atoms with E-state index < -0.39 is 11.6 Å². The maximum atomic E-state index is 13.2. The lowest BCUT2D eigenvalue weighted by Crippen LogP contribution is -2.26. The van der Waals surface area contributed by atoms with Crippen molar-refractivity contribution in [3.63, 3.8) is 0 Å². The summed E-state index contributed by atoms with van der Waals surface area (Å²) in [6.45, 7) is 0.180. The highest BCUT2D eigenvalue weighted by atomic mass is 127. The summed E-state index contributed by atoms with van der Waals surface area (Å²) in [5.74, 6) is -2.07. The summed E-state index contributed by atoms with van der Waals surface area (Å²) >= 11 is 8.06. The number of carbonyl (C=O) groups is 1. The highest BCUT2D eigenvalue weighted by Crippen LogP contribution is 2.21. The van der Waals surface area contributed by atoms with Crippen LogP contribution >= 0.6 is 34.2 Å². The van der Waals surface area contributed by atoms with Gasteiger partial charge < -0.3 is 4.90 Å². The molecule has 1 amide bonds. The summed E-state index contributed by atoms with van der Waals surface area (Å²) in [6, 6.07) is 8.60. The van der Waals surface area contributed by atoms with Crippen LogP contribution in [0.5, 0.6) is 0 Å². The zero-order valence-electron chi connectivity index (χ0n) is 11.0. The van der Waals surface area contributed by atoms with Crippen LogP contribution in [0.25, 0.3) is 0 Å². The fourth-order valence-electron chi connectivity index (χ4n) is 1.83. The van der Waals surface area contributed by atoms with Crippen LogP contribution in [-0.4, -0.2) is 17.9 Å². The van der Waals surface area contributed by atoms with Crippen molar-refractivity contribution in [3.05, 3.63) is 67.8 Å². The minimum absolute atomic E-state index is 0.180. The topological polar surface area (TPSA) is 20.3 Å². The lowest BCUT2D eigenvalue weighted by atomic mass is 10.1. The molecular formula is C15H11ClF2INO. The van der Waals surface area contributed by atoms with Crippen molar-refractivity contribution in [3.8, 4) is 0 Å². The fourth-order valence-corrected chi connectivity index (χ4v) is 2.35. The Morgan fingerprint density at radius 1 is 1.19 bits per heavy atom. The minimum atomic E-state index is -0.925. The first kappa shape index (κ1) is 16.2. The Labute approximate surface area is 139 Å². The van der Waals surface area contributed by atoms with Crippen LogP contribution in [0.4, 0.5) is 8.78 Å². The smallest absolute Gasteiger partial charge is 0.253 e. The molecule has 2 aromatic rings. The SMILES string of the molecule is CN(Cc1ccc(F)c(F)c1)C(=O)c1ccc(I)c(Cl)c1. The van der Waals surface area contributed by atoms with E-state index in [-0.39, 0.29) is 12.5 Å². The highest BCUT2D eigenvalue weighted by molar-refractivity contribution is 14.1. The van der Waals surface area contributed by atoms with E-state index >= 15 is 0 Å². The molecule has 0 saturated carbocycles. The summed E-state index contributed by atoms with van der Waals surface area (Å²) in [6.07, 6.45) is 0. The number of rotatable bonds is 3. The van der Waals surface area contributed by atoms with Gasteiger partial charge in [-0.05, 0) is 58.5 Å². The van der Waals surface area contributed by atoms with E-state index in [0.717, 1.165) is 15.7 Å². The van der Waals surface area contributed by atoms with Crippen molar-refractivity contribution >= 4 is 40.1 Å². The number of halogens is 4. The monoisotopic (exact) mass is 421 g/mol. The second-order valence-corrected chi connectivity index (χ2v) is 6.11. The number of carbonyl (C=O) groups excluding carboxylic acids is 1. The number of hydrogen-bond donors (Lipinski definition) is 0. The van der Waals surface area contributed by atoms with Crippen molar-refractivity contribution in [2.24, 2.45) is 0 Å². The van der Waals surface area contributed by atoms with E-state index in [4.69, 9.17) is 11.6 Å². The van der Waals surface area contributed by atoms with Crippen molar-refractivity contribution in [2.75, 3.05) is 7.05 Å². The van der Waals surface area contributed by atoms with Crippen molar-refractivity contribution in [2.45, 2.75) is 6.54 Å². The van der Waals surface area contributed by atoms with Crippen LogP contribution in [-0.2, 0) is 6.54 Å². The molecule has 0 saturated heterocycles. The molecule has 0 radical (unpaired) electrons. The zero-order valence-corrected chi connectivity index (χ0v) is 14.0. The first-order valence-corrected chi connectivity index (χ1v) is 7.48. The predicted molar refractivity (Wildman–Crippen MR) is 86.3 cm³/mol. The van der Waals surface area contributed by atoms with Gasteiger partial charge in [0, 0.05) is 22.7 Å². The standard InChI is InChI=1S/C15H11ClF2INO/c1-20(8-9-2-4-12(17)13(18)6-9)15(21)10-3-5-14(19)11(16)7-10/h2-7H,8H2,1H3. The Morgan fingerprint density at radius 2 is 1.90 bits per heavy atom. The highest BCUT2D eigenvalue weighted by Gasteiger charge is 2.14. The van der Waals surface area contributed by atoms with Crippen molar-refractivity contribution < 1.29 is 13.6 Å². The molecule has 0 atom stereocenters. The minimum Gasteiger partial charge on any atom is -0.337 e. The van der Waals surface area contributed by atoms with Gasteiger partial charge in [-0.2, -0.15) is 0 Å². The quantitative estimate of drug-likeness (QED) is 0.669. The van der Waals surface area contributed by atoms with Gasteiger partial charge >= 0.3 is 0 Å². The lowest BCUT2D eigenvalue weighted by molar-refractivity contribution is 0.0785. The van der Waals surface area contributed by atoms with Gasteiger partial charge in [0.2, 0.25) is 0 Å². The molecule has 2 nitrogen and oxygen atoms in total. The third-order valence-corrected chi connectivity index (χ3v) is 4.49. The molecule has 0 aromatic heterocycles. The maximum Gasteiger partial charge on any atom is 0.253 e. The van der Waals surface area contributed by atoms with E-state index in [1.54, 1.807) is 25.2 Å². The fraction of sp³-hybridized carbons (Fsp3) is 0.133. The molecular weight excluding hydrogens is 411 g/mol. The summed E-state index contributed by atoms with van der Waals surface area (Å²) in [7, 11) is 1.59. The molecule has 0 N–H and O–H groups in total. The van der Waals surface area contributed by atoms with E-state index in [1.165, 1.54) is 11.0 Å². The molecule has 0 aliphatic carbocycles. The Hall–Kier alpha value is -1.21. The number of hydrogen-bond acceptors (Lipinski definition) is 1. The van der Waals surface area contributed by atoms with E-state index in [0.29, 0.717) is 16.1 Å². The van der Waals surface area contributed by atoms with E-state index in [2.05, 4.69) is 22.6 Å². The van der Waals surface area contributed by atoms with Crippen LogP contribution in [0.15, 0.2) is 36.4 Å². The van der Waals surface area contributed by atoms with Crippen molar-refractivity contribution in [1.82, 2.24) is 4.90 Å². The molecule has 2 aromatic carbocycles. The Morgan fingerprint density at radius 3 is 2.52 bits per heavy atom. The molecule has 0 bridgehead atoms. The normalized spacial score (nSPS) is 10.5. The number of nitrogens with zero attached hydrogens (tertiary/aromatic N) is 1. The maximum absolute atomic E-state index is 13.2. The second-order valence-electron chi connectivity index (χ2n) is 4.54. The van der Waals surface area contributed by atoms with Crippen LogP contribution in [0.3, 0.4) is 0 Å². The van der Waals surface area contributed by atoms with Gasteiger partial charge in [-0.3, -0.25) is 4.79 Å². The largest absolute Gasteiger partial charge is 0.337 e. The molecule has 0 unspecified atom stereocenters. The van der Waals surface area contributed by atoms with Gasteiger partial charge in [0.1, 0.15) is 0 Å². The first-order valence-electron chi connectivity index (χ1n) is 6.03. The third-order valence-electron chi connectivity index (χ3n) is 2.92. The van der Waals surface area contributed by atoms with Gasteiger partial charge in [-0.15, -0.1) is 0 Å². The van der Waals surface area contributed by atoms with Crippen LogP contribution < -0.4 is 0 Å². The van der Waals surface area contributed by atoms with Crippen LogP contribution in [0, 0.1) is 15.2 Å². The van der Waals surface area contributed by atoms with Gasteiger partial charge in [0.05, 0.1) is 5.02 Å². The van der Waals surface area contributed by atoms with Gasteiger partial charge in [0.25, 0.3) is 5.91 Å². The van der Waals surface area contributed by atoms with Crippen molar-refractivity contribution in [1.29, 1.82) is 0 Å². The molecule has 110 valence electrons. The molecule has 0 aliphatic rings. The molecule has 0 heterocycles. The van der Waals surface area contributed by atoms with Crippen LogP contribution in [0.2, 0.25) is 5.02 Å². The summed E-state index contributed by atoms with van der Waals surface area (Å²) in [5.41, 5.74) is 0.965. The molecule has 6 heteroatoms. The average Bonchev–Trinajstić information content (AvgIpc) is 2.45. The predicted octanol–water partition coefficient (Wildman–Crippen LogP) is 4.50. The first-order chi connectivity index (χ1) is 9.88. The summed E-state index contributed by atoms with van der Waals surface area (Å²) in [5, 5.41) is 0.502. The van der Waals surface area contributed by atoms with Gasteiger partial charge in [-0.25, -0.2) is 8.78 Å². The number of amides is 1. The summed E-state index contributed by atoms with van der Waals surface area (Å²) in [4.78, 5) is 13.7. The zero-order chi connectivity index (χ0) is 15.6. The molecule has 0 fully saturated rings. The molecule has 21 heavy (non-hydrogen) atoms. The second kappa shape index (κ2) is 6.70. The van der Waals surface area contributed by atoms with Crippen LogP contribution in [0.1, 0.15) is 15.9 Å². The van der Waals surface area contributed by atoms with E-state index in [9.17, 15) is 13.6 Å². The lowest BCUT2D eigenvalue weighted by Gasteiger charge is -2.17. The van der Waals surface area contributed by atoms with Gasteiger partial charge in [-0.1, -0.05) is 17.7 Å². The molecule has 0 spiro atoms. The molecule has 0 aliphatic heterocycles. The number of benzene rings is 2. The Kier molecular flexibility index (Phi) is 5.16. The van der Waals surface area contributed by atoms with E-state index in [1.807, 2.05) is 0 Å². The van der Waals surface area contributed by atoms with Gasteiger partial charge in [0.15, 0.2) is 11.6 Å². The molecule has 2 rings (SSSR count). The Bertz CT molecular complexity index is 693. The Balaban J connectivity index is 2.15.